The van der Waals surface area contributed by atoms with Gasteiger partial charge in [0.2, 0.25) is 5.91 Å². The van der Waals surface area contributed by atoms with E-state index in [1.165, 1.54) is 17.2 Å². The smallest absolute Gasteiger partial charge is 0.244 e. The summed E-state index contributed by atoms with van der Waals surface area (Å²) in [6.45, 7) is 6.07. The molecule has 1 aliphatic rings. The van der Waals surface area contributed by atoms with Gasteiger partial charge < -0.3 is 4.74 Å². The Morgan fingerprint density at radius 1 is 1.16 bits per heavy atom. The number of nitrogens with zero attached hydrogens (tertiary/aromatic N) is 5. The Morgan fingerprint density at radius 3 is 2.74 bits per heavy atom. The average Bonchev–Trinajstić information content (AvgIpc) is 3.39. The molecule has 0 atom stereocenters. The van der Waals surface area contributed by atoms with E-state index < -0.39 is 0 Å². The summed E-state index contributed by atoms with van der Waals surface area (Å²) < 4.78 is 9.00. The fourth-order valence-corrected chi connectivity index (χ4v) is 4.35. The highest BCUT2D eigenvalue weighted by molar-refractivity contribution is 5.93. The van der Waals surface area contributed by atoms with E-state index >= 15 is 0 Å². The van der Waals surface area contributed by atoms with Gasteiger partial charge in [0.1, 0.15) is 5.69 Å². The Morgan fingerprint density at radius 2 is 1.97 bits per heavy atom. The van der Waals surface area contributed by atoms with Gasteiger partial charge in [0, 0.05) is 43.2 Å². The van der Waals surface area contributed by atoms with E-state index in [0.29, 0.717) is 5.92 Å². The molecule has 0 bridgehead atoms. The van der Waals surface area contributed by atoms with Crippen molar-refractivity contribution in [1.29, 1.82) is 0 Å². The van der Waals surface area contributed by atoms with Crippen molar-refractivity contribution >= 4 is 16.8 Å². The topological polar surface area (TPSA) is 74.8 Å². The highest BCUT2D eigenvalue weighted by atomic mass is 16.5. The Labute approximate surface area is 180 Å². The molecule has 5 rings (SSSR count). The molecular formula is C24H25N5O2. The molecule has 0 saturated carbocycles. The number of aromatic nitrogens is 5. The second kappa shape index (κ2) is 8.07. The van der Waals surface area contributed by atoms with Crippen LogP contribution in [0.5, 0.6) is 0 Å². The van der Waals surface area contributed by atoms with Crippen LogP contribution in [0.2, 0.25) is 0 Å². The van der Waals surface area contributed by atoms with Crippen LogP contribution < -0.4 is 0 Å². The zero-order chi connectivity index (χ0) is 21.4. The number of carbonyl (C=O) groups excluding carboxylic acids is 1. The summed E-state index contributed by atoms with van der Waals surface area (Å²) in [6, 6.07) is 14.3. The van der Waals surface area contributed by atoms with E-state index in [1.54, 1.807) is 6.20 Å². The summed E-state index contributed by atoms with van der Waals surface area (Å²) in [5.41, 5.74) is 5.95. The Bertz CT molecular complexity index is 1250. The van der Waals surface area contributed by atoms with Crippen LogP contribution in [0.25, 0.3) is 33.4 Å². The normalized spacial score (nSPS) is 14.9. The van der Waals surface area contributed by atoms with E-state index in [-0.39, 0.29) is 5.91 Å². The van der Waals surface area contributed by atoms with Crippen LogP contribution in [0.3, 0.4) is 0 Å². The van der Waals surface area contributed by atoms with E-state index in [1.807, 2.05) is 24.3 Å². The summed E-state index contributed by atoms with van der Waals surface area (Å²) in [7, 11) is 0. The first-order chi connectivity index (χ1) is 15.1. The second-order valence-corrected chi connectivity index (χ2v) is 8.19. The number of carbonyl (C=O) groups is 1. The van der Waals surface area contributed by atoms with Crippen LogP contribution in [0.1, 0.15) is 30.1 Å². The van der Waals surface area contributed by atoms with Crippen LogP contribution >= 0.6 is 0 Å². The Kier molecular flexibility index (Phi) is 5.11. The third-order valence-electron chi connectivity index (χ3n) is 6.05. The highest BCUT2D eigenvalue weighted by Gasteiger charge is 2.22. The molecule has 0 unspecified atom stereocenters. The maximum atomic E-state index is 11.8. The lowest BCUT2D eigenvalue weighted by Crippen LogP contribution is -2.21. The number of aryl methyl sites for hydroxylation is 1. The molecule has 1 saturated heterocycles. The van der Waals surface area contributed by atoms with Crippen molar-refractivity contribution in [3.63, 3.8) is 0 Å². The number of benzene rings is 2. The summed E-state index contributed by atoms with van der Waals surface area (Å²) in [5, 5.41) is 14.3. The third kappa shape index (κ3) is 3.65. The summed E-state index contributed by atoms with van der Waals surface area (Å²) >= 11 is 0. The molecule has 0 radical (unpaired) electrons. The van der Waals surface area contributed by atoms with E-state index in [4.69, 9.17) is 4.74 Å². The number of hydrogen-bond acceptors (Lipinski definition) is 5. The van der Waals surface area contributed by atoms with Gasteiger partial charge >= 0.3 is 0 Å². The molecule has 158 valence electrons. The van der Waals surface area contributed by atoms with Crippen LogP contribution in [-0.4, -0.2) is 43.9 Å². The minimum Gasteiger partial charge on any atom is -0.381 e. The summed E-state index contributed by atoms with van der Waals surface area (Å²) in [5.74, 6) is 0.424. The molecule has 4 aromatic rings. The second-order valence-electron chi connectivity index (χ2n) is 8.19. The Balaban J connectivity index is 1.62. The first-order valence-corrected chi connectivity index (χ1v) is 10.7. The number of fused-ring (bicyclic) bond motifs is 1. The zero-order valence-corrected chi connectivity index (χ0v) is 17.8. The van der Waals surface area contributed by atoms with Gasteiger partial charge in [-0.2, -0.15) is 5.10 Å². The molecule has 0 aliphatic carbocycles. The summed E-state index contributed by atoms with van der Waals surface area (Å²) in [6.07, 6.45) is 3.80. The zero-order valence-electron chi connectivity index (χ0n) is 17.8. The molecule has 7 nitrogen and oxygen atoms in total. The van der Waals surface area contributed by atoms with Crippen molar-refractivity contribution in [3.05, 3.63) is 54.2 Å². The van der Waals surface area contributed by atoms with Crippen LogP contribution in [0.4, 0.5) is 0 Å². The fourth-order valence-electron chi connectivity index (χ4n) is 4.35. The predicted octanol–water partition coefficient (Wildman–Crippen LogP) is 4.36. The molecular weight excluding hydrogens is 390 g/mol. The lowest BCUT2D eigenvalue weighted by molar-refractivity contribution is 0.0601. The molecule has 0 spiro atoms. The quantitative estimate of drug-likeness (QED) is 0.495. The van der Waals surface area contributed by atoms with Gasteiger partial charge in [0.25, 0.3) is 0 Å². The molecule has 3 heterocycles. The van der Waals surface area contributed by atoms with Gasteiger partial charge in [-0.15, -0.1) is 5.10 Å². The van der Waals surface area contributed by atoms with Crippen molar-refractivity contribution in [3.8, 4) is 22.5 Å². The van der Waals surface area contributed by atoms with Crippen LogP contribution in [0.15, 0.2) is 48.7 Å². The maximum Gasteiger partial charge on any atom is 0.244 e. The van der Waals surface area contributed by atoms with E-state index in [9.17, 15) is 4.79 Å². The average molecular weight is 415 g/mol. The third-order valence-corrected chi connectivity index (χ3v) is 6.05. The maximum absolute atomic E-state index is 11.8. The first-order valence-electron chi connectivity index (χ1n) is 10.7. The van der Waals surface area contributed by atoms with Crippen molar-refractivity contribution in [2.24, 2.45) is 5.92 Å². The van der Waals surface area contributed by atoms with Gasteiger partial charge in [-0.25, -0.2) is 9.36 Å². The molecule has 1 aliphatic heterocycles. The molecule has 2 aromatic carbocycles. The standard InChI is InChI=1S/C24H25N5O2/c1-16-5-3-4-6-21(16)24-23(26-27-28(24)15-18-9-11-31-12-10-18)19-7-8-22-20(13-19)14-25-29(22)17(2)30/h3-8,13-14,18H,9-12,15H2,1-2H3. The molecule has 0 N–H and O–H groups in total. The highest BCUT2D eigenvalue weighted by Crippen LogP contribution is 2.34. The monoisotopic (exact) mass is 415 g/mol. The first kappa shape index (κ1) is 19.6. The van der Waals surface area contributed by atoms with Gasteiger partial charge in [-0.3, -0.25) is 4.79 Å². The molecule has 0 amide bonds. The SMILES string of the molecule is CC(=O)n1ncc2cc(-c3nnn(CC4CCOCC4)c3-c3ccccc3C)ccc21. The van der Waals surface area contributed by atoms with E-state index in [2.05, 4.69) is 45.2 Å². The number of rotatable bonds is 4. The van der Waals surface area contributed by atoms with E-state index in [0.717, 1.165) is 66.0 Å². The minimum absolute atomic E-state index is 0.106. The molecule has 2 aromatic heterocycles. The van der Waals surface area contributed by atoms with Gasteiger partial charge in [0.05, 0.1) is 17.4 Å². The lowest BCUT2D eigenvalue weighted by Gasteiger charge is -2.22. The van der Waals surface area contributed by atoms with Crippen LogP contribution in [-0.2, 0) is 11.3 Å². The number of hydrogen-bond donors (Lipinski definition) is 0. The largest absolute Gasteiger partial charge is 0.381 e. The van der Waals surface area contributed by atoms with Crippen molar-refractivity contribution < 1.29 is 9.53 Å². The van der Waals surface area contributed by atoms with Crippen LogP contribution in [0, 0.1) is 12.8 Å². The molecule has 31 heavy (non-hydrogen) atoms. The lowest BCUT2D eigenvalue weighted by atomic mass is 9.98. The fraction of sp³-hybridized carbons (Fsp3) is 0.333. The van der Waals surface area contributed by atoms with Gasteiger partial charge in [0.15, 0.2) is 0 Å². The Hall–Kier alpha value is -3.32. The van der Waals surface area contributed by atoms with Crippen molar-refractivity contribution in [2.75, 3.05) is 13.2 Å². The van der Waals surface area contributed by atoms with Gasteiger partial charge in [-0.05, 0) is 43.4 Å². The molecule has 7 heteroatoms. The predicted molar refractivity (Wildman–Crippen MR) is 119 cm³/mol. The summed E-state index contributed by atoms with van der Waals surface area (Å²) in [4.78, 5) is 11.8. The van der Waals surface area contributed by atoms with Gasteiger partial charge in [-0.1, -0.05) is 35.5 Å². The van der Waals surface area contributed by atoms with Crippen molar-refractivity contribution in [1.82, 2.24) is 24.8 Å². The number of ether oxygens (including phenoxy) is 1. The molecule has 1 fully saturated rings. The van der Waals surface area contributed by atoms with Crippen molar-refractivity contribution in [2.45, 2.75) is 33.2 Å². The minimum atomic E-state index is -0.106.